The molecule has 3 heteroatoms. The molecule has 0 atom stereocenters. The molecule has 0 unspecified atom stereocenters. The van der Waals surface area contributed by atoms with Crippen LogP contribution in [-0.4, -0.2) is 9.55 Å². The van der Waals surface area contributed by atoms with Crippen molar-refractivity contribution in [3.63, 3.8) is 0 Å². The Balaban J connectivity index is 1.31. The Bertz CT molecular complexity index is 1980. The topological polar surface area (TPSA) is 17.8 Å². The van der Waals surface area contributed by atoms with Gasteiger partial charge in [0.05, 0.1) is 16.7 Å². The van der Waals surface area contributed by atoms with Crippen LogP contribution in [0.5, 0.6) is 0 Å². The monoisotopic (exact) mass is 542 g/mol. The SMILES string of the molecule is c1ccc(-c2cccc(-c3ccccc3)c2-c2cccc(-c3ccc4nc5n(c4c3)-c3ccccc3CS5)c2)cc1. The number of rotatable bonds is 4. The second-order valence-corrected chi connectivity index (χ2v) is 11.3. The van der Waals surface area contributed by atoms with Crippen LogP contribution in [0.15, 0.2) is 151 Å². The summed E-state index contributed by atoms with van der Waals surface area (Å²) in [4.78, 5) is 4.97. The summed E-state index contributed by atoms with van der Waals surface area (Å²) < 4.78 is 2.32. The predicted octanol–water partition coefficient (Wildman–Crippen LogP) is 10.3. The lowest BCUT2D eigenvalue weighted by Crippen LogP contribution is -2.05. The first-order chi connectivity index (χ1) is 20.3. The Hall–Kier alpha value is -4.86. The maximum Gasteiger partial charge on any atom is 0.174 e. The molecule has 0 saturated heterocycles. The Morgan fingerprint density at radius 1 is 0.512 bits per heavy atom. The summed E-state index contributed by atoms with van der Waals surface area (Å²) in [5, 5.41) is 1.06. The maximum absolute atomic E-state index is 4.97. The van der Waals surface area contributed by atoms with E-state index >= 15 is 0 Å². The number of benzene rings is 6. The van der Waals surface area contributed by atoms with Crippen molar-refractivity contribution in [2.75, 3.05) is 0 Å². The third kappa shape index (κ3) is 4.18. The molecule has 0 aliphatic carbocycles. The van der Waals surface area contributed by atoms with E-state index in [0.29, 0.717) is 0 Å². The van der Waals surface area contributed by atoms with Crippen LogP contribution in [0.2, 0.25) is 0 Å². The highest BCUT2D eigenvalue weighted by atomic mass is 32.2. The standard InChI is InChI=1S/C38H26N2S/c1-3-11-26(12-4-1)32-18-10-19-33(27-13-5-2-6-14-27)37(32)30-17-9-16-28(23-30)29-21-22-34-36(24-29)40-35-20-8-7-15-31(35)25-41-38(40)39-34/h1-24H,25H2. The predicted molar refractivity (Wildman–Crippen MR) is 172 cm³/mol. The largest absolute Gasteiger partial charge is 0.287 e. The van der Waals surface area contributed by atoms with Gasteiger partial charge in [0.2, 0.25) is 0 Å². The molecule has 6 aromatic carbocycles. The number of hydrogen-bond donors (Lipinski definition) is 0. The molecule has 0 radical (unpaired) electrons. The van der Waals surface area contributed by atoms with E-state index in [1.165, 1.54) is 55.8 Å². The van der Waals surface area contributed by atoms with E-state index in [4.69, 9.17) is 4.98 Å². The maximum atomic E-state index is 4.97. The smallest absolute Gasteiger partial charge is 0.174 e. The molecule has 41 heavy (non-hydrogen) atoms. The highest BCUT2D eigenvalue weighted by Gasteiger charge is 2.21. The molecule has 0 spiro atoms. The molecule has 0 N–H and O–H groups in total. The number of para-hydroxylation sites is 1. The van der Waals surface area contributed by atoms with Crippen LogP contribution in [0.3, 0.4) is 0 Å². The summed E-state index contributed by atoms with van der Waals surface area (Å²) in [6.07, 6.45) is 0. The lowest BCUT2D eigenvalue weighted by Gasteiger charge is -2.18. The van der Waals surface area contributed by atoms with Crippen LogP contribution in [-0.2, 0) is 5.75 Å². The lowest BCUT2D eigenvalue weighted by atomic mass is 9.86. The van der Waals surface area contributed by atoms with Crippen LogP contribution in [0.25, 0.3) is 61.2 Å². The van der Waals surface area contributed by atoms with E-state index in [1.807, 2.05) is 11.8 Å². The van der Waals surface area contributed by atoms with E-state index in [0.717, 1.165) is 21.9 Å². The lowest BCUT2D eigenvalue weighted by molar-refractivity contribution is 0.894. The van der Waals surface area contributed by atoms with Crippen molar-refractivity contribution in [1.29, 1.82) is 0 Å². The van der Waals surface area contributed by atoms with Gasteiger partial charge in [-0.25, -0.2) is 4.98 Å². The second kappa shape index (κ2) is 9.96. The minimum Gasteiger partial charge on any atom is -0.287 e. The summed E-state index contributed by atoms with van der Waals surface area (Å²) in [6, 6.07) is 52.4. The van der Waals surface area contributed by atoms with Crippen LogP contribution in [0.4, 0.5) is 0 Å². The Kier molecular flexibility index (Phi) is 5.82. The van der Waals surface area contributed by atoms with Crippen molar-refractivity contribution >= 4 is 22.8 Å². The average Bonchev–Trinajstić information content (AvgIpc) is 3.44. The fraction of sp³-hybridized carbons (Fsp3) is 0.0263. The van der Waals surface area contributed by atoms with Crippen LogP contribution in [0.1, 0.15) is 5.56 Å². The first-order valence-electron chi connectivity index (χ1n) is 13.9. The van der Waals surface area contributed by atoms with Crippen LogP contribution in [0, 0.1) is 0 Å². The van der Waals surface area contributed by atoms with Gasteiger partial charge in [-0.15, -0.1) is 0 Å². The molecule has 0 amide bonds. The molecule has 0 saturated carbocycles. The number of hydrogen-bond acceptors (Lipinski definition) is 2. The van der Waals surface area contributed by atoms with Gasteiger partial charge in [0.15, 0.2) is 5.16 Å². The summed E-state index contributed by atoms with van der Waals surface area (Å²) in [5.74, 6) is 0.957. The summed E-state index contributed by atoms with van der Waals surface area (Å²) >= 11 is 1.81. The molecule has 1 aliphatic rings. The number of thioether (sulfide) groups is 1. The molecular formula is C38H26N2S. The van der Waals surface area contributed by atoms with E-state index < -0.39 is 0 Å². The van der Waals surface area contributed by atoms with Crippen molar-refractivity contribution in [3.8, 4) is 50.2 Å². The van der Waals surface area contributed by atoms with Crippen molar-refractivity contribution in [2.45, 2.75) is 10.9 Å². The molecule has 194 valence electrons. The highest BCUT2D eigenvalue weighted by Crippen LogP contribution is 2.42. The fourth-order valence-corrected chi connectivity index (χ4v) is 7.01. The van der Waals surface area contributed by atoms with E-state index in [-0.39, 0.29) is 0 Å². The second-order valence-electron chi connectivity index (χ2n) is 10.4. The fourth-order valence-electron chi connectivity index (χ4n) is 5.99. The minimum absolute atomic E-state index is 0.957. The molecular weight excluding hydrogens is 516 g/mol. The first kappa shape index (κ1) is 24.0. The molecule has 8 rings (SSSR count). The van der Waals surface area contributed by atoms with Gasteiger partial charge in [-0.3, -0.25) is 4.57 Å². The Morgan fingerprint density at radius 2 is 1.12 bits per heavy atom. The molecule has 0 bridgehead atoms. The van der Waals surface area contributed by atoms with Gasteiger partial charge >= 0.3 is 0 Å². The third-order valence-corrected chi connectivity index (χ3v) is 8.92. The Morgan fingerprint density at radius 3 is 1.88 bits per heavy atom. The summed E-state index contributed by atoms with van der Waals surface area (Å²) in [6.45, 7) is 0. The highest BCUT2D eigenvalue weighted by molar-refractivity contribution is 7.98. The van der Waals surface area contributed by atoms with E-state index in [9.17, 15) is 0 Å². The Labute approximate surface area is 244 Å². The van der Waals surface area contributed by atoms with E-state index in [2.05, 4.69) is 150 Å². The molecule has 1 aromatic heterocycles. The van der Waals surface area contributed by atoms with Crippen molar-refractivity contribution < 1.29 is 0 Å². The number of aromatic nitrogens is 2. The van der Waals surface area contributed by atoms with E-state index in [1.54, 1.807) is 0 Å². The zero-order valence-electron chi connectivity index (χ0n) is 22.4. The minimum atomic E-state index is 0.957. The molecule has 2 nitrogen and oxygen atoms in total. The third-order valence-electron chi connectivity index (χ3n) is 7.93. The van der Waals surface area contributed by atoms with Gasteiger partial charge in [-0.05, 0) is 74.3 Å². The van der Waals surface area contributed by atoms with Crippen LogP contribution < -0.4 is 0 Å². The van der Waals surface area contributed by atoms with Gasteiger partial charge in [0.1, 0.15) is 0 Å². The average molecular weight is 543 g/mol. The van der Waals surface area contributed by atoms with Gasteiger partial charge in [0, 0.05) is 5.75 Å². The molecule has 2 heterocycles. The van der Waals surface area contributed by atoms with Crippen molar-refractivity contribution in [3.05, 3.63) is 151 Å². The summed E-state index contributed by atoms with van der Waals surface area (Å²) in [5.41, 5.74) is 14.5. The quantitative estimate of drug-likeness (QED) is 0.220. The zero-order valence-corrected chi connectivity index (χ0v) is 23.2. The van der Waals surface area contributed by atoms with Gasteiger partial charge in [-0.1, -0.05) is 133 Å². The normalized spacial score (nSPS) is 12.2. The molecule has 7 aromatic rings. The zero-order chi connectivity index (χ0) is 27.2. The number of imidazole rings is 1. The van der Waals surface area contributed by atoms with Crippen molar-refractivity contribution in [2.24, 2.45) is 0 Å². The number of fused-ring (bicyclic) bond motifs is 5. The van der Waals surface area contributed by atoms with Gasteiger partial charge < -0.3 is 0 Å². The number of nitrogens with zero attached hydrogens (tertiary/aromatic N) is 2. The van der Waals surface area contributed by atoms with Crippen LogP contribution >= 0.6 is 11.8 Å². The molecule has 1 aliphatic heterocycles. The first-order valence-corrected chi connectivity index (χ1v) is 14.9. The summed E-state index contributed by atoms with van der Waals surface area (Å²) in [7, 11) is 0. The molecule has 0 fully saturated rings. The van der Waals surface area contributed by atoms with Gasteiger partial charge in [-0.2, -0.15) is 0 Å². The van der Waals surface area contributed by atoms with Gasteiger partial charge in [0.25, 0.3) is 0 Å². The van der Waals surface area contributed by atoms with Crippen molar-refractivity contribution in [1.82, 2.24) is 9.55 Å².